The minimum atomic E-state index is -4.25. The van der Waals surface area contributed by atoms with Gasteiger partial charge < -0.3 is 4.74 Å². The molecule has 0 amide bonds. The Balaban J connectivity index is 2.34. The van der Waals surface area contributed by atoms with E-state index in [9.17, 15) is 18.0 Å². The van der Waals surface area contributed by atoms with Crippen LogP contribution in [0, 0.1) is 11.8 Å². The van der Waals surface area contributed by atoms with E-state index in [1.807, 2.05) is 6.92 Å². The van der Waals surface area contributed by atoms with Crippen LogP contribution in [0.2, 0.25) is 0 Å². The van der Waals surface area contributed by atoms with Crippen molar-refractivity contribution in [3.63, 3.8) is 0 Å². The Bertz CT molecular complexity index is 661. The van der Waals surface area contributed by atoms with Crippen molar-refractivity contribution in [3.05, 3.63) is 29.8 Å². The quantitative estimate of drug-likeness (QED) is 0.517. The van der Waals surface area contributed by atoms with Gasteiger partial charge in [-0.15, -0.1) is 0 Å². The third kappa shape index (κ3) is 2.98. The summed E-state index contributed by atoms with van der Waals surface area (Å²) in [5, 5.41) is 0. The fraction of sp³-hybridized carbons (Fsp3) is 0.429. The molecule has 1 N–H and O–H groups in total. The van der Waals surface area contributed by atoms with Crippen LogP contribution >= 0.6 is 0 Å². The Morgan fingerprint density at radius 2 is 1.76 bits per heavy atom. The molecule has 1 aromatic carbocycles. The summed E-state index contributed by atoms with van der Waals surface area (Å²) in [7, 11) is -4.25. The van der Waals surface area contributed by atoms with E-state index in [4.69, 9.17) is 4.55 Å². The molecular formula is C14H16O6S. The molecule has 3 atom stereocenters. The molecule has 2 rings (SSSR count). The van der Waals surface area contributed by atoms with Gasteiger partial charge in [-0.05, 0) is 30.0 Å². The summed E-state index contributed by atoms with van der Waals surface area (Å²) in [5.41, 5.74) is 0.730. The van der Waals surface area contributed by atoms with Gasteiger partial charge in [0.05, 0.1) is 16.7 Å². The van der Waals surface area contributed by atoms with Crippen molar-refractivity contribution in [1.29, 1.82) is 0 Å². The summed E-state index contributed by atoms with van der Waals surface area (Å²) in [5.74, 6) is -2.41. The molecule has 0 saturated carbocycles. The zero-order chi connectivity index (χ0) is 15.8. The SMILES string of the molecule is CCC(c1ccc(S(=O)(=O)O)cc1)C1C(=O)OC(=O)C1C. The van der Waals surface area contributed by atoms with Gasteiger partial charge in [0, 0.05) is 0 Å². The lowest BCUT2D eigenvalue weighted by Crippen LogP contribution is -2.23. The van der Waals surface area contributed by atoms with Crippen molar-refractivity contribution < 1.29 is 27.3 Å². The molecule has 0 radical (unpaired) electrons. The number of hydrogen-bond acceptors (Lipinski definition) is 5. The number of carbonyl (C=O) groups excluding carboxylic acids is 2. The molecule has 1 fully saturated rings. The Kier molecular flexibility index (Phi) is 4.15. The molecule has 7 heteroatoms. The molecule has 0 bridgehead atoms. The van der Waals surface area contributed by atoms with Crippen LogP contribution in [0.3, 0.4) is 0 Å². The number of ether oxygens (including phenoxy) is 1. The number of benzene rings is 1. The Morgan fingerprint density at radius 1 is 1.19 bits per heavy atom. The Labute approximate surface area is 122 Å². The highest BCUT2D eigenvalue weighted by molar-refractivity contribution is 7.85. The zero-order valence-electron chi connectivity index (χ0n) is 11.6. The smallest absolute Gasteiger partial charge is 0.318 e. The third-order valence-electron chi connectivity index (χ3n) is 3.86. The Hall–Kier alpha value is -1.73. The minimum Gasteiger partial charge on any atom is -0.393 e. The number of cyclic esters (lactones) is 2. The topological polar surface area (TPSA) is 97.7 Å². The number of rotatable bonds is 4. The lowest BCUT2D eigenvalue weighted by molar-refractivity contribution is -0.153. The number of esters is 2. The van der Waals surface area contributed by atoms with Gasteiger partial charge in [-0.1, -0.05) is 26.0 Å². The van der Waals surface area contributed by atoms with Crippen LogP contribution in [-0.4, -0.2) is 24.9 Å². The van der Waals surface area contributed by atoms with E-state index in [1.165, 1.54) is 12.1 Å². The van der Waals surface area contributed by atoms with Crippen molar-refractivity contribution in [2.24, 2.45) is 11.8 Å². The van der Waals surface area contributed by atoms with Gasteiger partial charge in [0.15, 0.2) is 0 Å². The molecule has 1 heterocycles. The average Bonchev–Trinajstić information content (AvgIpc) is 2.66. The van der Waals surface area contributed by atoms with E-state index in [-0.39, 0.29) is 10.8 Å². The summed E-state index contributed by atoms with van der Waals surface area (Å²) >= 11 is 0. The first kappa shape index (κ1) is 15.7. The predicted molar refractivity (Wildman–Crippen MR) is 73.0 cm³/mol. The Morgan fingerprint density at radius 3 is 2.14 bits per heavy atom. The summed E-state index contributed by atoms with van der Waals surface area (Å²) in [6.07, 6.45) is 0.600. The van der Waals surface area contributed by atoms with Crippen molar-refractivity contribution in [2.45, 2.75) is 31.1 Å². The van der Waals surface area contributed by atoms with Crippen LogP contribution in [0.1, 0.15) is 31.7 Å². The molecule has 6 nitrogen and oxygen atoms in total. The minimum absolute atomic E-state index is 0.209. The van der Waals surface area contributed by atoms with Gasteiger partial charge >= 0.3 is 11.9 Å². The highest BCUT2D eigenvalue weighted by Gasteiger charge is 2.45. The lowest BCUT2D eigenvalue weighted by atomic mass is 9.78. The standard InChI is InChI=1S/C14H16O6S/c1-3-11(12-8(2)13(15)20-14(12)16)9-4-6-10(7-5-9)21(17,18)19/h4-8,11-12H,3H2,1-2H3,(H,17,18,19). The lowest BCUT2D eigenvalue weighted by Gasteiger charge is -2.21. The predicted octanol–water partition coefficient (Wildman–Crippen LogP) is 1.76. The second-order valence-corrected chi connectivity index (χ2v) is 6.53. The van der Waals surface area contributed by atoms with E-state index >= 15 is 0 Å². The van der Waals surface area contributed by atoms with E-state index in [0.29, 0.717) is 6.42 Å². The molecule has 0 spiro atoms. The molecule has 21 heavy (non-hydrogen) atoms. The van der Waals surface area contributed by atoms with Gasteiger partial charge in [0.1, 0.15) is 0 Å². The van der Waals surface area contributed by atoms with E-state index in [0.717, 1.165) is 5.56 Å². The molecule has 1 saturated heterocycles. The van der Waals surface area contributed by atoms with Crippen molar-refractivity contribution >= 4 is 22.1 Å². The molecule has 3 unspecified atom stereocenters. The zero-order valence-corrected chi connectivity index (χ0v) is 12.5. The molecule has 1 aliphatic rings. The maximum atomic E-state index is 11.8. The summed E-state index contributed by atoms with van der Waals surface area (Å²) in [6.45, 7) is 3.53. The second-order valence-electron chi connectivity index (χ2n) is 5.11. The molecular weight excluding hydrogens is 296 g/mol. The molecule has 1 aliphatic heterocycles. The monoisotopic (exact) mass is 312 g/mol. The third-order valence-corrected chi connectivity index (χ3v) is 4.73. The first-order valence-electron chi connectivity index (χ1n) is 6.58. The molecule has 0 aliphatic carbocycles. The summed E-state index contributed by atoms with van der Waals surface area (Å²) in [6, 6.07) is 5.64. The fourth-order valence-electron chi connectivity index (χ4n) is 2.71. The first-order chi connectivity index (χ1) is 9.75. The van der Waals surface area contributed by atoms with Crippen molar-refractivity contribution in [2.75, 3.05) is 0 Å². The van der Waals surface area contributed by atoms with Crippen LogP contribution in [-0.2, 0) is 24.4 Å². The largest absolute Gasteiger partial charge is 0.393 e. The van der Waals surface area contributed by atoms with Crippen LogP contribution < -0.4 is 0 Å². The van der Waals surface area contributed by atoms with Crippen LogP contribution in [0.15, 0.2) is 29.2 Å². The molecule has 114 valence electrons. The van der Waals surface area contributed by atoms with E-state index in [2.05, 4.69) is 4.74 Å². The number of hydrogen-bond donors (Lipinski definition) is 1. The van der Waals surface area contributed by atoms with E-state index in [1.54, 1.807) is 19.1 Å². The highest BCUT2D eigenvalue weighted by Crippen LogP contribution is 2.38. The van der Waals surface area contributed by atoms with E-state index < -0.39 is 33.9 Å². The summed E-state index contributed by atoms with van der Waals surface area (Å²) < 4.78 is 35.7. The van der Waals surface area contributed by atoms with Gasteiger partial charge in [-0.2, -0.15) is 8.42 Å². The fourth-order valence-corrected chi connectivity index (χ4v) is 3.19. The van der Waals surface area contributed by atoms with Gasteiger partial charge in [0.25, 0.3) is 10.1 Å². The molecule has 1 aromatic rings. The maximum absolute atomic E-state index is 11.8. The summed E-state index contributed by atoms with van der Waals surface area (Å²) in [4.78, 5) is 23.1. The average molecular weight is 312 g/mol. The van der Waals surface area contributed by atoms with Crippen LogP contribution in [0.4, 0.5) is 0 Å². The van der Waals surface area contributed by atoms with Crippen LogP contribution in [0.5, 0.6) is 0 Å². The molecule has 0 aromatic heterocycles. The van der Waals surface area contributed by atoms with Crippen LogP contribution in [0.25, 0.3) is 0 Å². The first-order valence-corrected chi connectivity index (χ1v) is 8.02. The van der Waals surface area contributed by atoms with Gasteiger partial charge in [0.2, 0.25) is 0 Å². The van der Waals surface area contributed by atoms with Gasteiger partial charge in [-0.3, -0.25) is 14.1 Å². The van der Waals surface area contributed by atoms with Gasteiger partial charge in [-0.25, -0.2) is 0 Å². The normalized spacial score (nSPS) is 24.0. The maximum Gasteiger partial charge on any atom is 0.318 e. The van der Waals surface area contributed by atoms with Crippen molar-refractivity contribution in [1.82, 2.24) is 0 Å². The number of carbonyl (C=O) groups is 2. The highest BCUT2D eigenvalue weighted by atomic mass is 32.2. The van der Waals surface area contributed by atoms with Crippen molar-refractivity contribution in [3.8, 4) is 0 Å². The second kappa shape index (κ2) is 5.57.